The van der Waals surface area contributed by atoms with Crippen molar-refractivity contribution in [3.8, 4) is 11.1 Å². The molecule has 1 aromatic heterocycles. The molecule has 3 aromatic rings. The SMILES string of the molecule is O=C(NCC(O)C(O)c1cccnc1)OCC1c2ccccc2-c2ccccc21. The van der Waals surface area contributed by atoms with Gasteiger partial charge in [-0.05, 0) is 28.3 Å². The average Bonchev–Trinajstić information content (AvgIpc) is 3.10. The van der Waals surface area contributed by atoms with Crippen molar-refractivity contribution >= 4 is 6.09 Å². The lowest BCUT2D eigenvalue weighted by molar-refractivity contribution is 0.0183. The Morgan fingerprint density at radius 1 is 1.00 bits per heavy atom. The molecule has 6 nitrogen and oxygen atoms in total. The molecule has 0 bridgehead atoms. The fourth-order valence-electron chi connectivity index (χ4n) is 3.72. The molecular formula is C23H22N2O4. The van der Waals surface area contributed by atoms with Crippen LogP contribution in [-0.4, -0.2) is 40.5 Å². The van der Waals surface area contributed by atoms with Crippen LogP contribution in [0.15, 0.2) is 73.1 Å². The Morgan fingerprint density at radius 3 is 2.28 bits per heavy atom. The number of alkyl carbamates (subject to hydrolysis) is 1. The second-order valence-corrected chi connectivity index (χ2v) is 7.00. The molecule has 6 heteroatoms. The molecule has 0 saturated heterocycles. The third-order valence-corrected chi connectivity index (χ3v) is 5.19. The Kier molecular flexibility index (Phi) is 5.55. The fraction of sp³-hybridized carbons (Fsp3) is 0.217. The van der Waals surface area contributed by atoms with E-state index in [2.05, 4.69) is 34.6 Å². The predicted octanol–water partition coefficient (Wildman–Crippen LogP) is 3.01. The van der Waals surface area contributed by atoms with Gasteiger partial charge in [0.05, 0.1) is 0 Å². The summed E-state index contributed by atoms with van der Waals surface area (Å²) in [6, 6.07) is 19.5. The summed E-state index contributed by atoms with van der Waals surface area (Å²) in [7, 11) is 0. The van der Waals surface area contributed by atoms with Crippen molar-refractivity contribution in [2.24, 2.45) is 0 Å². The number of rotatable bonds is 6. The van der Waals surface area contributed by atoms with Gasteiger partial charge in [-0.2, -0.15) is 0 Å². The van der Waals surface area contributed by atoms with Gasteiger partial charge in [0.1, 0.15) is 18.8 Å². The maximum absolute atomic E-state index is 12.1. The number of pyridine rings is 1. The van der Waals surface area contributed by atoms with E-state index in [1.165, 1.54) is 6.20 Å². The number of hydrogen-bond acceptors (Lipinski definition) is 5. The molecule has 148 valence electrons. The van der Waals surface area contributed by atoms with Crippen LogP contribution in [0.1, 0.15) is 28.7 Å². The maximum Gasteiger partial charge on any atom is 0.407 e. The van der Waals surface area contributed by atoms with Crippen molar-refractivity contribution in [3.63, 3.8) is 0 Å². The number of nitrogens with zero attached hydrogens (tertiary/aromatic N) is 1. The van der Waals surface area contributed by atoms with E-state index in [4.69, 9.17) is 4.74 Å². The van der Waals surface area contributed by atoms with E-state index in [9.17, 15) is 15.0 Å². The number of ether oxygens (including phenoxy) is 1. The molecule has 1 aliphatic carbocycles. The standard InChI is InChI=1S/C23H22N2O4/c26-21(22(27)15-6-5-11-24-12-15)13-25-23(28)29-14-20-18-9-3-1-7-16(18)17-8-2-4-10-19(17)20/h1-12,20-22,26-27H,13-14H2,(H,25,28). The van der Waals surface area contributed by atoms with E-state index in [1.807, 2.05) is 24.3 Å². The van der Waals surface area contributed by atoms with Crippen LogP contribution < -0.4 is 5.32 Å². The van der Waals surface area contributed by atoms with Crippen molar-refractivity contribution < 1.29 is 19.7 Å². The summed E-state index contributed by atoms with van der Waals surface area (Å²) in [4.78, 5) is 16.1. The van der Waals surface area contributed by atoms with Crippen molar-refractivity contribution in [1.82, 2.24) is 10.3 Å². The summed E-state index contributed by atoms with van der Waals surface area (Å²) >= 11 is 0. The number of amides is 1. The molecule has 2 atom stereocenters. The van der Waals surface area contributed by atoms with Gasteiger partial charge in [-0.25, -0.2) is 4.79 Å². The molecule has 2 unspecified atom stereocenters. The van der Waals surface area contributed by atoms with Crippen molar-refractivity contribution in [2.75, 3.05) is 13.2 Å². The highest BCUT2D eigenvalue weighted by Gasteiger charge is 2.29. The maximum atomic E-state index is 12.1. The highest BCUT2D eigenvalue weighted by atomic mass is 16.5. The second kappa shape index (κ2) is 8.43. The Morgan fingerprint density at radius 2 is 1.66 bits per heavy atom. The highest BCUT2D eigenvalue weighted by Crippen LogP contribution is 2.44. The van der Waals surface area contributed by atoms with E-state index >= 15 is 0 Å². The van der Waals surface area contributed by atoms with E-state index in [-0.39, 0.29) is 19.1 Å². The van der Waals surface area contributed by atoms with Gasteiger partial charge in [0.15, 0.2) is 0 Å². The van der Waals surface area contributed by atoms with E-state index in [1.54, 1.807) is 18.3 Å². The van der Waals surface area contributed by atoms with Gasteiger partial charge in [-0.1, -0.05) is 54.6 Å². The third kappa shape index (κ3) is 3.99. The van der Waals surface area contributed by atoms with Gasteiger partial charge in [0.25, 0.3) is 0 Å². The van der Waals surface area contributed by atoms with Gasteiger partial charge < -0.3 is 20.3 Å². The number of aliphatic hydroxyl groups is 2. The minimum Gasteiger partial charge on any atom is -0.449 e. The van der Waals surface area contributed by atoms with Crippen LogP contribution in [0.3, 0.4) is 0 Å². The minimum absolute atomic E-state index is 0.0287. The summed E-state index contributed by atoms with van der Waals surface area (Å²) < 4.78 is 5.42. The molecule has 3 N–H and O–H groups in total. The number of aliphatic hydroxyl groups excluding tert-OH is 2. The van der Waals surface area contributed by atoms with Gasteiger partial charge in [-0.15, -0.1) is 0 Å². The summed E-state index contributed by atoms with van der Waals surface area (Å²) in [5, 5.41) is 22.8. The van der Waals surface area contributed by atoms with Gasteiger partial charge >= 0.3 is 6.09 Å². The molecule has 0 fully saturated rings. The van der Waals surface area contributed by atoms with Crippen LogP contribution in [0.2, 0.25) is 0 Å². The molecule has 0 radical (unpaired) electrons. The van der Waals surface area contributed by atoms with Gasteiger partial charge in [-0.3, -0.25) is 4.98 Å². The van der Waals surface area contributed by atoms with Crippen LogP contribution in [0, 0.1) is 0 Å². The zero-order valence-corrected chi connectivity index (χ0v) is 15.7. The van der Waals surface area contributed by atoms with Crippen LogP contribution in [0.5, 0.6) is 0 Å². The predicted molar refractivity (Wildman–Crippen MR) is 108 cm³/mol. The van der Waals surface area contributed by atoms with Gasteiger partial charge in [0, 0.05) is 30.4 Å². The third-order valence-electron chi connectivity index (χ3n) is 5.19. The first-order valence-electron chi connectivity index (χ1n) is 9.50. The summed E-state index contributed by atoms with van der Waals surface area (Å²) in [5.41, 5.74) is 5.07. The molecule has 29 heavy (non-hydrogen) atoms. The number of fused-ring (bicyclic) bond motifs is 3. The van der Waals surface area contributed by atoms with E-state index in [0.29, 0.717) is 5.56 Å². The lowest BCUT2D eigenvalue weighted by atomic mass is 9.98. The summed E-state index contributed by atoms with van der Waals surface area (Å²) in [5.74, 6) is -0.0287. The van der Waals surface area contributed by atoms with Crippen molar-refractivity contribution in [3.05, 3.63) is 89.7 Å². The molecule has 0 saturated carbocycles. The molecule has 1 aliphatic rings. The monoisotopic (exact) mass is 390 g/mol. The van der Waals surface area contributed by atoms with E-state index < -0.39 is 18.3 Å². The highest BCUT2D eigenvalue weighted by molar-refractivity contribution is 5.79. The van der Waals surface area contributed by atoms with Crippen LogP contribution in [0.25, 0.3) is 11.1 Å². The van der Waals surface area contributed by atoms with E-state index in [0.717, 1.165) is 22.3 Å². The summed E-state index contributed by atoms with van der Waals surface area (Å²) in [6.45, 7) is 0.0633. The molecule has 4 rings (SSSR count). The van der Waals surface area contributed by atoms with Gasteiger partial charge in [0.2, 0.25) is 0 Å². The normalized spacial score (nSPS) is 14.6. The Labute approximate surface area is 168 Å². The molecule has 0 aliphatic heterocycles. The smallest absolute Gasteiger partial charge is 0.407 e. The van der Waals surface area contributed by atoms with Crippen LogP contribution in [-0.2, 0) is 4.74 Å². The van der Waals surface area contributed by atoms with Crippen LogP contribution >= 0.6 is 0 Å². The largest absolute Gasteiger partial charge is 0.449 e. The lowest BCUT2D eigenvalue weighted by Crippen LogP contribution is -2.36. The lowest BCUT2D eigenvalue weighted by Gasteiger charge is -2.19. The Balaban J connectivity index is 1.34. The van der Waals surface area contributed by atoms with Crippen LogP contribution in [0.4, 0.5) is 4.79 Å². The average molecular weight is 390 g/mol. The van der Waals surface area contributed by atoms with Crippen molar-refractivity contribution in [2.45, 2.75) is 18.1 Å². The Bertz CT molecular complexity index is 947. The number of aromatic nitrogens is 1. The molecule has 1 heterocycles. The number of nitrogens with one attached hydrogen (secondary N) is 1. The van der Waals surface area contributed by atoms with Crippen molar-refractivity contribution in [1.29, 1.82) is 0 Å². The fourth-order valence-corrected chi connectivity index (χ4v) is 3.72. The minimum atomic E-state index is -1.17. The topological polar surface area (TPSA) is 91.7 Å². The first-order chi connectivity index (χ1) is 14.1. The molecule has 0 spiro atoms. The molecular weight excluding hydrogens is 368 g/mol. The first kappa shape index (κ1) is 19.1. The quantitative estimate of drug-likeness (QED) is 0.602. The summed E-state index contributed by atoms with van der Waals surface area (Å²) in [6.07, 6.45) is 0.111. The zero-order chi connectivity index (χ0) is 20.2. The first-order valence-corrected chi connectivity index (χ1v) is 9.50. The number of carbonyl (C=O) groups excluding carboxylic acids is 1. The number of carbonyl (C=O) groups is 1. The molecule has 2 aromatic carbocycles. The number of hydrogen-bond donors (Lipinski definition) is 3. The molecule has 1 amide bonds. The Hall–Kier alpha value is -3.22. The zero-order valence-electron chi connectivity index (χ0n) is 15.7. The number of benzene rings is 2. The second-order valence-electron chi connectivity index (χ2n) is 7.00.